The van der Waals surface area contributed by atoms with E-state index in [4.69, 9.17) is 0 Å². The lowest BCUT2D eigenvalue weighted by atomic mass is 10.2. The number of nitrogens with one attached hydrogen (secondary N) is 1. The SMILES string of the molecule is Oc1ccc(N=Nc2ccccc2)cc1C=NNc1nc(-c2ccccc2)cs1. The van der Waals surface area contributed by atoms with Crippen LogP contribution in [0.3, 0.4) is 0 Å². The molecule has 0 amide bonds. The van der Waals surface area contributed by atoms with Crippen molar-refractivity contribution in [3.63, 3.8) is 0 Å². The van der Waals surface area contributed by atoms with Gasteiger partial charge in [0.1, 0.15) is 5.75 Å². The third-order valence-corrected chi connectivity index (χ3v) is 4.73. The van der Waals surface area contributed by atoms with Crippen molar-refractivity contribution in [2.24, 2.45) is 15.3 Å². The van der Waals surface area contributed by atoms with Crippen LogP contribution in [0.5, 0.6) is 5.75 Å². The van der Waals surface area contributed by atoms with Gasteiger partial charge in [-0.1, -0.05) is 48.5 Å². The van der Waals surface area contributed by atoms with Crippen LogP contribution in [0, 0.1) is 0 Å². The number of hydrazone groups is 1. The zero-order chi connectivity index (χ0) is 19.9. The minimum Gasteiger partial charge on any atom is -0.507 e. The summed E-state index contributed by atoms with van der Waals surface area (Å²) >= 11 is 1.46. The third-order valence-electron chi connectivity index (χ3n) is 3.99. The van der Waals surface area contributed by atoms with Gasteiger partial charge in [0.2, 0.25) is 5.13 Å². The Morgan fingerprint density at radius 2 is 1.59 bits per heavy atom. The summed E-state index contributed by atoms with van der Waals surface area (Å²) < 4.78 is 0. The van der Waals surface area contributed by atoms with Crippen molar-refractivity contribution in [1.29, 1.82) is 0 Å². The topological polar surface area (TPSA) is 82.2 Å². The molecular formula is C22H17N5OS. The van der Waals surface area contributed by atoms with Crippen molar-refractivity contribution < 1.29 is 5.11 Å². The van der Waals surface area contributed by atoms with Crippen molar-refractivity contribution in [1.82, 2.24) is 4.98 Å². The van der Waals surface area contributed by atoms with Gasteiger partial charge in [-0.05, 0) is 30.3 Å². The van der Waals surface area contributed by atoms with Gasteiger partial charge in [-0.15, -0.1) is 11.3 Å². The average Bonchev–Trinajstić information content (AvgIpc) is 3.24. The summed E-state index contributed by atoms with van der Waals surface area (Å²) in [6, 6.07) is 24.4. The predicted octanol–water partition coefficient (Wildman–Crippen LogP) is 6.38. The molecule has 1 heterocycles. The third kappa shape index (κ3) is 4.91. The van der Waals surface area contributed by atoms with Gasteiger partial charge >= 0.3 is 0 Å². The van der Waals surface area contributed by atoms with Crippen LogP contribution in [0.15, 0.2) is 99.6 Å². The summed E-state index contributed by atoms with van der Waals surface area (Å²) in [4.78, 5) is 4.51. The number of nitrogens with zero attached hydrogens (tertiary/aromatic N) is 4. The number of hydrogen-bond acceptors (Lipinski definition) is 7. The molecule has 0 fully saturated rings. The maximum Gasteiger partial charge on any atom is 0.203 e. The Hall–Kier alpha value is -3.84. The number of phenolic OH excluding ortho intramolecular Hbond substituents is 1. The first-order valence-electron chi connectivity index (χ1n) is 8.88. The van der Waals surface area contributed by atoms with E-state index < -0.39 is 0 Å². The molecular weight excluding hydrogens is 382 g/mol. The van der Waals surface area contributed by atoms with E-state index in [1.165, 1.54) is 17.6 Å². The summed E-state index contributed by atoms with van der Waals surface area (Å²) in [5.41, 5.74) is 6.75. The lowest BCUT2D eigenvalue weighted by Gasteiger charge is -2.00. The van der Waals surface area contributed by atoms with E-state index in [9.17, 15) is 5.11 Å². The van der Waals surface area contributed by atoms with Gasteiger partial charge in [0.05, 0.1) is 23.3 Å². The summed E-state index contributed by atoms with van der Waals surface area (Å²) in [5, 5.41) is 25.3. The largest absolute Gasteiger partial charge is 0.507 e. The smallest absolute Gasteiger partial charge is 0.203 e. The van der Waals surface area contributed by atoms with Gasteiger partial charge in [-0.2, -0.15) is 15.3 Å². The second-order valence-corrected chi connectivity index (χ2v) is 6.91. The predicted molar refractivity (Wildman–Crippen MR) is 117 cm³/mol. The number of aromatic hydroxyl groups is 1. The fourth-order valence-electron chi connectivity index (χ4n) is 2.54. The van der Waals surface area contributed by atoms with E-state index >= 15 is 0 Å². The molecule has 0 radical (unpaired) electrons. The molecule has 1 aromatic heterocycles. The normalized spacial score (nSPS) is 11.3. The van der Waals surface area contributed by atoms with Crippen molar-refractivity contribution >= 4 is 34.1 Å². The number of rotatable bonds is 6. The molecule has 29 heavy (non-hydrogen) atoms. The minimum atomic E-state index is 0.110. The summed E-state index contributed by atoms with van der Waals surface area (Å²) in [6.45, 7) is 0. The number of anilines is 1. The van der Waals surface area contributed by atoms with Crippen LogP contribution < -0.4 is 5.43 Å². The number of hydrogen-bond donors (Lipinski definition) is 2. The average molecular weight is 399 g/mol. The Labute approximate surface area is 171 Å². The minimum absolute atomic E-state index is 0.110. The van der Waals surface area contributed by atoms with Crippen molar-refractivity contribution in [3.05, 3.63) is 89.8 Å². The van der Waals surface area contributed by atoms with Crippen molar-refractivity contribution in [2.45, 2.75) is 0 Å². The van der Waals surface area contributed by atoms with Crippen LogP contribution in [0.25, 0.3) is 11.3 Å². The Kier molecular flexibility index (Phi) is 5.68. The maximum atomic E-state index is 10.1. The number of thiazole rings is 1. The zero-order valence-electron chi connectivity index (χ0n) is 15.3. The quantitative estimate of drug-likeness (QED) is 0.224. The van der Waals surface area contributed by atoms with Crippen LogP contribution in [0.2, 0.25) is 0 Å². The van der Waals surface area contributed by atoms with E-state index in [0.29, 0.717) is 16.4 Å². The Morgan fingerprint density at radius 1 is 0.862 bits per heavy atom. The summed E-state index contributed by atoms with van der Waals surface area (Å²) in [7, 11) is 0. The molecule has 2 N–H and O–H groups in total. The van der Waals surface area contributed by atoms with Crippen molar-refractivity contribution in [3.8, 4) is 17.0 Å². The Morgan fingerprint density at radius 3 is 2.38 bits per heavy atom. The van der Waals surface area contributed by atoms with E-state index in [0.717, 1.165) is 16.9 Å². The molecule has 4 aromatic rings. The van der Waals surface area contributed by atoms with Crippen LogP contribution in [0.4, 0.5) is 16.5 Å². The molecule has 0 saturated carbocycles. The lowest BCUT2D eigenvalue weighted by molar-refractivity contribution is 0.474. The standard InChI is InChI=1S/C22H17N5OS/c28-21-12-11-19(26-25-18-9-5-2-6-10-18)13-17(21)14-23-27-22-24-20(15-29-22)16-7-3-1-4-8-16/h1-15,28H,(H,24,27). The highest BCUT2D eigenvalue weighted by Gasteiger charge is 2.04. The van der Waals surface area contributed by atoms with Gasteiger partial charge in [0.25, 0.3) is 0 Å². The molecule has 0 atom stereocenters. The molecule has 0 saturated heterocycles. The molecule has 0 bridgehead atoms. The van der Waals surface area contributed by atoms with Crippen LogP contribution in [0.1, 0.15) is 5.56 Å². The number of aromatic nitrogens is 1. The Bertz CT molecular complexity index is 1140. The van der Waals surface area contributed by atoms with Crippen LogP contribution >= 0.6 is 11.3 Å². The van der Waals surface area contributed by atoms with Crippen LogP contribution in [-0.2, 0) is 0 Å². The molecule has 4 rings (SSSR count). The van der Waals surface area contributed by atoms with Gasteiger partial charge in [0, 0.05) is 16.5 Å². The lowest BCUT2D eigenvalue weighted by Crippen LogP contribution is -1.90. The zero-order valence-corrected chi connectivity index (χ0v) is 16.1. The van der Waals surface area contributed by atoms with E-state index in [2.05, 4.69) is 25.7 Å². The highest BCUT2D eigenvalue weighted by atomic mass is 32.1. The fourth-order valence-corrected chi connectivity index (χ4v) is 3.21. The monoisotopic (exact) mass is 399 g/mol. The molecule has 6 nitrogen and oxygen atoms in total. The second-order valence-electron chi connectivity index (χ2n) is 6.05. The first-order chi connectivity index (χ1) is 14.3. The van der Waals surface area contributed by atoms with Crippen molar-refractivity contribution in [2.75, 3.05) is 5.43 Å². The number of benzene rings is 3. The summed E-state index contributed by atoms with van der Waals surface area (Å²) in [6.07, 6.45) is 1.53. The van der Waals surface area contributed by atoms with Gasteiger partial charge < -0.3 is 5.11 Å². The molecule has 0 unspecified atom stereocenters. The van der Waals surface area contributed by atoms with Gasteiger partial charge in [-0.25, -0.2) is 4.98 Å². The molecule has 0 spiro atoms. The van der Waals surface area contributed by atoms with Gasteiger partial charge in [0.15, 0.2) is 0 Å². The number of azo groups is 1. The Balaban J connectivity index is 1.44. The molecule has 142 valence electrons. The van der Waals surface area contributed by atoms with E-state index in [-0.39, 0.29) is 5.75 Å². The first-order valence-corrected chi connectivity index (χ1v) is 9.76. The molecule has 3 aromatic carbocycles. The molecule has 0 aliphatic heterocycles. The highest BCUT2D eigenvalue weighted by molar-refractivity contribution is 7.14. The summed E-state index contributed by atoms with van der Waals surface area (Å²) in [5.74, 6) is 0.110. The molecule has 0 aliphatic rings. The fraction of sp³-hybridized carbons (Fsp3) is 0. The number of phenols is 1. The first kappa shape index (κ1) is 18.5. The van der Waals surface area contributed by atoms with Gasteiger partial charge in [-0.3, -0.25) is 5.43 Å². The molecule has 0 aliphatic carbocycles. The maximum absolute atomic E-state index is 10.1. The highest BCUT2D eigenvalue weighted by Crippen LogP contribution is 2.26. The van der Waals surface area contributed by atoms with E-state index in [1.807, 2.05) is 66.0 Å². The van der Waals surface area contributed by atoms with E-state index in [1.54, 1.807) is 18.2 Å². The van der Waals surface area contributed by atoms with Crippen LogP contribution in [-0.4, -0.2) is 16.3 Å². The second kappa shape index (κ2) is 8.90. The molecule has 7 heteroatoms.